The van der Waals surface area contributed by atoms with Gasteiger partial charge in [-0.1, -0.05) is 0 Å². The second-order valence-electron chi connectivity index (χ2n) is 4.90. The van der Waals surface area contributed by atoms with Crippen LogP contribution < -0.4 is 9.64 Å². The molecular weight excluding hydrogens is 282 g/mol. The maximum Gasteiger partial charge on any atom is 0.231 e. The summed E-state index contributed by atoms with van der Waals surface area (Å²) >= 11 is 0. The largest absolute Gasteiger partial charge is 0.497 e. The summed E-state index contributed by atoms with van der Waals surface area (Å²) in [5.41, 5.74) is 1.40. The van der Waals surface area contributed by atoms with Crippen LogP contribution in [0.5, 0.6) is 5.75 Å². The van der Waals surface area contributed by atoms with Crippen LogP contribution in [0.4, 0.5) is 5.69 Å². The number of benzene rings is 1. The molecule has 0 saturated carbocycles. The van der Waals surface area contributed by atoms with Crippen LogP contribution in [0.3, 0.4) is 0 Å². The lowest BCUT2D eigenvalue weighted by Gasteiger charge is -2.18. The fraction of sp³-hybridized carbons (Fsp3) is 0.176. The summed E-state index contributed by atoms with van der Waals surface area (Å²) in [4.78, 5) is 25.8. The van der Waals surface area contributed by atoms with Gasteiger partial charge < -0.3 is 9.15 Å². The van der Waals surface area contributed by atoms with E-state index in [1.807, 2.05) is 0 Å². The van der Waals surface area contributed by atoms with Crippen LogP contribution in [-0.4, -0.2) is 18.8 Å². The second-order valence-corrected chi connectivity index (χ2v) is 4.90. The third-order valence-corrected chi connectivity index (χ3v) is 3.52. The maximum absolute atomic E-state index is 12.1. The third-order valence-electron chi connectivity index (χ3n) is 3.52. The second kappa shape index (κ2) is 5.89. The van der Waals surface area contributed by atoms with Crippen molar-refractivity contribution in [3.63, 3.8) is 0 Å². The van der Waals surface area contributed by atoms with Crippen molar-refractivity contribution in [1.29, 1.82) is 0 Å². The number of amides is 1. The van der Waals surface area contributed by atoms with Crippen molar-refractivity contribution in [3.8, 4) is 5.75 Å². The Hall–Kier alpha value is -2.82. The van der Waals surface area contributed by atoms with Crippen molar-refractivity contribution in [2.24, 2.45) is 0 Å². The number of anilines is 1. The number of methoxy groups -OCH3 is 1. The first-order valence-corrected chi connectivity index (χ1v) is 6.94. The zero-order valence-electron chi connectivity index (χ0n) is 12.1. The Labute approximate surface area is 127 Å². The molecule has 2 heterocycles. The van der Waals surface area contributed by atoms with Gasteiger partial charge in [0.1, 0.15) is 5.75 Å². The molecule has 1 saturated heterocycles. The molecule has 5 heteroatoms. The number of furan rings is 1. The van der Waals surface area contributed by atoms with E-state index in [1.54, 1.807) is 48.4 Å². The summed E-state index contributed by atoms with van der Waals surface area (Å²) in [6.45, 7) is 0. The van der Waals surface area contributed by atoms with E-state index in [0.29, 0.717) is 24.3 Å². The molecule has 0 N–H and O–H groups in total. The summed E-state index contributed by atoms with van der Waals surface area (Å²) in [7, 11) is 1.59. The predicted octanol–water partition coefficient (Wildman–Crippen LogP) is 3.18. The molecule has 1 fully saturated rings. The summed E-state index contributed by atoms with van der Waals surface area (Å²) < 4.78 is 10.2. The van der Waals surface area contributed by atoms with E-state index in [9.17, 15) is 9.59 Å². The summed E-state index contributed by atoms with van der Waals surface area (Å²) in [5, 5.41) is 0. The zero-order chi connectivity index (χ0) is 15.5. The van der Waals surface area contributed by atoms with Crippen LogP contribution in [-0.2, 0) is 4.79 Å². The monoisotopic (exact) mass is 297 g/mol. The van der Waals surface area contributed by atoms with Gasteiger partial charge in [-0.15, -0.1) is 0 Å². The highest BCUT2D eigenvalue weighted by atomic mass is 16.5. The number of rotatable bonds is 4. The molecule has 112 valence electrons. The highest BCUT2D eigenvalue weighted by Crippen LogP contribution is 2.30. The SMILES string of the molecule is COc1ccc(N2C(=O)CC/C2=C\C(=O)c2ccco2)cc1. The van der Waals surface area contributed by atoms with E-state index < -0.39 is 0 Å². The number of ether oxygens (including phenoxy) is 1. The minimum absolute atomic E-state index is 0.0244. The molecule has 0 spiro atoms. The normalized spacial score (nSPS) is 16.3. The standard InChI is InChI=1S/C17H15NO4/c1-21-14-7-4-12(5-8-14)18-13(6-9-17(18)20)11-15(19)16-3-2-10-22-16/h2-5,7-8,10-11H,6,9H2,1H3/b13-11+. The first kappa shape index (κ1) is 14.1. The number of nitrogens with zero attached hydrogens (tertiary/aromatic N) is 1. The molecule has 1 amide bonds. The minimum atomic E-state index is -0.242. The summed E-state index contributed by atoms with van der Waals surface area (Å²) in [6, 6.07) is 10.4. The Kier molecular flexibility index (Phi) is 3.78. The van der Waals surface area contributed by atoms with E-state index in [4.69, 9.17) is 9.15 Å². The van der Waals surface area contributed by atoms with Gasteiger partial charge in [-0.25, -0.2) is 0 Å². The molecule has 1 aromatic heterocycles. The fourth-order valence-corrected chi connectivity index (χ4v) is 2.44. The predicted molar refractivity (Wildman–Crippen MR) is 80.8 cm³/mol. The van der Waals surface area contributed by atoms with Gasteiger partial charge in [-0.05, 0) is 42.8 Å². The van der Waals surface area contributed by atoms with E-state index in [2.05, 4.69) is 0 Å². The smallest absolute Gasteiger partial charge is 0.231 e. The van der Waals surface area contributed by atoms with Gasteiger partial charge in [-0.2, -0.15) is 0 Å². The Balaban J connectivity index is 1.90. The lowest BCUT2D eigenvalue weighted by atomic mass is 10.2. The topological polar surface area (TPSA) is 59.8 Å². The molecule has 2 aromatic rings. The Morgan fingerprint density at radius 2 is 2.00 bits per heavy atom. The number of carbonyl (C=O) groups excluding carboxylic acids is 2. The lowest BCUT2D eigenvalue weighted by Crippen LogP contribution is -2.22. The average Bonchev–Trinajstić information content (AvgIpc) is 3.18. The molecule has 1 aromatic carbocycles. The molecular formula is C17H15NO4. The highest BCUT2D eigenvalue weighted by molar-refractivity contribution is 6.06. The zero-order valence-corrected chi connectivity index (χ0v) is 12.1. The molecule has 0 radical (unpaired) electrons. The van der Waals surface area contributed by atoms with Gasteiger partial charge in [0.2, 0.25) is 11.7 Å². The van der Waals surface area contributed by atoms with Crippen molar-refractivity contribution in [3.05, 3.63) is 60.2 Å². The molecule has 0 unspecified atom stereocenters. The fourth-order valence-electron chi connectivity index (χ4n) is 2.44. The van der Waals surface area contributed by atoms with Crippen LogP contribution in [0.25, 0.3) is 0 Å². The van der Waals surface area contributed by atoms with Crippen molar-refractivity contribution >= 4 is 17.4 Å². The van der Waals surface area contributed by atoms with Gasteiger partial charge >= 0.3 is 0 Å². The number of hydrogen-bond donors (Lipinski definition) is 0. The van der Waals surface area contributed by atoms with E-state index in [1.165, 1.54) is 12.3 Å². The van der Waals surface area contributed by atoms with Gasteiger partial charge in [0.25, 0.3) is 0 Å². The molecule has 1 aliphatic rings. The Bertz CT molecular complexity index is 714. The molecule has 5 nitrogen and oxygen atoms in total. The highest BCUT2D eigenvalue weighted by Gasteiger charge is 2.28. The van der Waals surface area contributed by atoms with Crippen LogP contribution in [0.15, 0.2) is 58.9 Å². The van der Waals surface area contributed by atoms with E-state index in [0.717, 1.165) is 5.69 Å². The molecule has 0 bridgehead atoms. The van der Waals surface area contributed by atoms with Gasteiger partial charge in [0.15, 0.2) is 5.76 Å². The van der Waals surface area contributed by atoms with Crippen molar-refractivity contribution < 1.29 is 18.7 Å². The lowest BCUT2D eigenvalue weighted by molar-refractivity contribution is -0.116. The summed E-state index contributed by atoms with van der Waals surface area (Å²) in [6.07, 6.45) is 3.85. The average molecular weight is 297 g/mol. The van der Waals surface area contributed by atoms with Crippen molar-refractivity contribution in [2.75, 3.05) is 12.0 Å². The van der Waals surface area contributed by atoms with E-state index in [-0.39, 0.29) is 17.5 Å². The third kappa shape index (κ3) is 2.65. The number of hydrogen-bond acceptors (Lipinski definition) is 4. The van der Waals surface area contributed by atoms with Crippen molar-refractivity contribution in [2.45, 2.75) is 12.8 Å². The minimum Gasteiger partial charge on any atom is -0.497 e. The summed E-state index contributed by atoms with van der Waals surface area (Å²) in [5.74, 6) is 0.714. The quantitative estimate of drug-likeness (QED) is 0.642. The number of allylic oxidation sites excluding steroid dienone is 2. The van der Waals surface area contributed by atoms with Crippen LogP contribution in [0.1, 0.15) is 23.4 Å². The molecule has 1 aliphatic heterocycles. The first-order valence-electron chi connectivity index (χ1n) is 6.94. The van der Waals surface area contributed by atoms with Gasteiger partial charge in [0, 0.05) is 23.9 Å². The molecule has 3 rings (SSSR count). The van der Waals surface area contributed by atoms with Crippen LogP contribution >= 0.6 is 0 Å². The molecule has 0 aliphatic carbocycles. The van der Waals surface area contributed by atoms with Gasteiger partial charge in [0.05, 0.1) is 13.4 Å². The Morgan fingerprint density at radius 3 is 2.64 bits per heavy atom. The Morgan fingerprint density at radius 1 is 1.23 bits per heavy atom. The van der Waals surface area contributed by atoms with Crippen molar-refractivity contribution in [1.82, 2.24) is 0 Å². The number of ketones is 1. The van der Waals surface area contributed by atoms with E-state index >= 15 is 0 Å². The first-order chi connectivity index (χ1) is 10.7. The van der Waals surface area contributed by atoms with Gasteiger partial charge in [-0.3, -0.25) is 14.5 Å². The number of carbonyl (C=O) groups is 2. The van der Waals surface area contributed by atoms with Crippen LogP contribution in [0, 0.1) is 0 Å². The molecule has 22 heavy (non-hydrogen) atoms. The molecule has 0 atom stereocenters. The van der Waals surface area contributed by atoms with Crippen LogP contribution in [0.2, 0.25) is 0 Å². The maximum atomic E-state index is 12.1.